The molecular weight excluding hydrogens is 358 g/mol. The monoisotopic (exact) mass is 375 g/mol. The van der Waals surface area contributed by atoms with Crippen LogP contribution in [0.3, 0.4) is 0 Å². The molecule has 1 fully saturated rings. The normalized spacial score (nSPS) is 14.6. The molecule has 0 spiro atoms. The molecule has 4 aromatic rings. The molecule has 140 valence electrons. The molecule has 2 aromatic heterocycles. The summed E-state index contributed by atoms with van der Waals surface area (Å²) in [5.74, 6) is 1.41. The Morgan fingerprint density at radius 1 is 1.00 bits per heavy atom. The number of rotatable bonds is 3. The van der Waals surface area contributed by atoms with Gasteiger partial charge in [-0.2, -0.15) is 0 Å². The van der Waals surface area contributed by atoms with Crippen LogP contribution in [0.5, 0.6) is 0 Å². The molecule has 9 heteroatoms. The Hall–Kier alpha value is -3.59. The van der Waals surface area contributed by atoms with Crippen molar-refractivity contribution in [1.82, 2.24) is 24.9 Å². The molecule has 1 N–H and O–H groups in total. The zero-order valence-electron chi connectivity index (χ0n) is 14.9. The SMILES string of the molecule is O=[N+]([O-])c1ccc(-c2nnc3c4ccccc4nc(N4CCNCC4)n23)cc1. The van der Waals surface area contributed by atoms with Crippen LogP contribution in [0.2, 0.25) is 0 Å². The molecule has 0 atom stereocenters. The third-order valence-corrected chi connectivity index (χ3v) is 4.96. The van der Waals surface area contributed by atoms with E-state index in [9.17, 15) is 10.1 Å². The van der Waals surface area contributed by atoms with Crippen LogP contribution in [0.15, 0.2) is 48.5 Å². The number of nitro benzene ring substituents is 1. The first-order valence-corrected chi connectivity index (χ1v) is 9.07. The summed E-state index contributed by atoms with van der Waals surface area (Å²) in [6.07, 6.45) is 0. The Morgan fingerprint density at radius 2 is 1.75 bits per heavy atom. The van der Waals surface area contributed by atoms with Gasteiger partial charge in [0.05, 0.1) is 10.4 Å². The lowest BCUT2D eigenvalue weighted by molar-refractivity contribution is -0.384. The maximum atomic E-state index is 11.0. The van der Waals surface area contributed by atoms with Crippen LogP contribution in [-0.4, -0.2) is 50.7 Å². The van der Waals surface area contributed by atoms with Gasteiger partial charge in [-0.3, -0.25) is 10.1 Å². The summed E-state index contributed by atoms with van der Waals surface area (Å²) in [5.41, 5.74) is 2.40. The summed E-state index contributed by atoms with van der Waals surface area (Å²) in [6, 6.07) is 14.2. The number of non-ortho nitro benzene ring substituents is 1. The van der Waals surface area contributed by atoms with Gasteiger partial charge in [0.25, 0.3) is 5.69 Å². The highest BCUT2D eigenvalue weighted by Crippen LogP contribution is 2.29. The summed E-state index contributed by atoms with van der Waals surface area (Å²) < 4.78 is 1.95. The van der Waals surface area contributed by atoms with Gasteiger partial charge in [0.1, 0.15) is 0 Å². The molecule has 0 amide bonds. The van der Waals surface area contributed by atoms with Crippen LogP contribution >= 0.6 is 0 Å². The number of anilines is 1. The van der Waals surface area contributed by atoms with Gasteiger partial charge in [-0.25, -0.2) is 9.38 Å². The number of hydrogen-bond acceptors (Lipinski definition) is 7. The molecule has 1 aliphatic heterocycles. The molecule has 0 saturated carbocycles. The Bertz CT molecular complexity index is 1180. The van der Waals surface area contributed by atoms with E-state index < -0.39 is 4.92 Å². The van der Waals surface area contributed by atoms with Crippen molar-refractivity contribution in [2.75, 3.05) is 31.1 Å². The van der Waals surface area contributed by atoms with Gasteiger partial charge < -0.3 is 10.2 Å². The number of nitro groups is 1. The van der Waals surface area contributed by atoms with Crippen molar-refractivity contribution in [1.29, 1.82) is 0 Å². The summed E-state index contributed by atoms with van der Waals surface area (Å²) in [5, 5.41) is 24.1. The number of aromatic nitrogens is 4. The quantitative estimate of drug-likeness (QED) is 0.433. The molecule has 28 heavy (non-hydrogen) atoms. The summed E-state index contributed by atoms with van der Waals surface area (Å²) >= 11 is 0. The predicted octanol–water partition coefficient (Wildman–Crippen LogP) is 2.26. The topological polar surface area (TPSA) is 101 Å². The van der Waals surface area contributed by atoms with E-state index in [4.69, 9.17) is 4.98 Å². The number of fused-ring (bicyclic) bond motifs is 3. The Balaban J connectivity index is 1.76. The molecule has 1 aliphatic rings. The molecular formula is C19H17N7O2. The fraction of sp³-hybridized carbons (Fsp3) is 0.211. The molecule has 0 bridgehead atoms. The summed E-state index contributed by atoms with van der Waals surface area (Å²) in [6.45, 7) is 3.42. The second-order valence-electron chi connectivity index (χ2n) is 6.65. The average molecular weight is 375 g/mol. The first kappa shape index (κ1) is 16.6. The first-order valence-electron chi connectivity index (χ1n) is 9.07. The van der Waals surface area contributed by atoms with E-state index in [1.807, 2.05) is 28.7 Å². The largest absolute Gasteiger partial charge is 0.339 e. The van der Waals surface area contributed by atoms with Gasteiger partial charge >= 0.3 is 0 Å². The molecule has 5 rings (SSSR count). The minimum absolute atomic E-state index is 0.0449. The maximum absolute atomic E-state index is 11.0. The van der Waals surface area contributed by atoms with Gasteiger partial charge in [-0.05, 0) is 24.3 Å². The number of nitrogens with zero attached hydrogens (tertiary/aromatic N) is 6. The predicted molar refractivity (Wildman–Crippen MR) is 105 cm³/mol. The van der Waals surface area contributed by atoms with Crippen LogP contribution in [0, 0.1) is 10.1 Å². The minimum Gasteiger partial charge on any atom is -0.339 e. The third-order valence-electron chi connectivity index (χ3n) is 4.96. The van der Waals surface area contributed by atoms with Crippen molar-refractivity contribution in [3.05, 3.63) is 58.6 Å². The fourth-order valence-electron chi connectivity index (χ4n) is 3.56. The lowest BCUT2D eigenvalue weighted by Crippen LogP contribution is -2.44. The van der Waals surface area contributed by atoms with E-state index in [1.165, 1.54) is 12.1 Å². The second kappa shape index (κ2) is 6.54. The minimum atomic E-state index is -0.410. The second-order valence-corrected chi connectivity index (χ2v) is 6.65. The van der Waals surface area contributed by atoms with Crippen LogP contribution in [-0.2, 0) is 0 Å². The van der Waals surface area contributed by atoms with Crippen molar-refractivity contribution in [2.24, 2.45) is 0 Å². The van der Waals surface area contributed by atoms with E-state index >= 15 is 0 Å². The van der Waals surface area contributed by atoms with Crippen LogP contribution < -0.4 is 10.2 Å². The zero-order valence-corrected chi connectivity index (χ0v) is 14.9. The molecule has 1 saturated heterocycles. The van der Waals surface area contributed by atoms with Crippen LogP contribution in [0.25, 0.3) is 27.9 Å². The van der Waals surface area contributed by atoms with E-state index in [2.05, 4.69) is 20.4 Å². The number of nitrogens with one attached hydrogen (secondary N) is 1. The van der Waals surface area contributed by atoms with E-state index in [-0.39, 0.29) is 5.69 Å². The molecule has 9 nitrogen and oxygen atoms in total. The smallest absolute Gasteiger partial charge is 0.269 e. The van der Waals surface area contributed by atoms with Crippen molar-refractivity contribution < 1.29 is 4.92 Å². The highest BCUT2D eigenvalue weighted by molar-refractivity contribution is 5.93. The molecule has 0 unspecified atom stereocenters. The van der Waals surface area contributed by atoms with Crippen molar-refractivity contribution >= 4 is 28.2 Å². The summed E-state index contributed by atoms with van der Waals surface area (Å²) in [4.78, 5) is 17.7. The highest BCUT2D eigenvalue weighted by Gasteiger charge is 2.21. The highest BCUT2D eigenvalue weighted by atomic mass is 16.6. The Kier molecular flexibility index (Phi) is 3.87. The van der Waals surface area contributed by atoms with Crippen LogP contribution in [0.4, 0.5) is 11.6 Å². The average Bonchev–Trinajstić information content (AvgIpc) is 3.19. The van der Waals surface area contributed by atoms with Crippen molar-refractivity contribution in [3.8, 4) is 11.4 Å². The Labute approximate surface area is 159 Å². The van der Waals surface area contributed by atoms with Gasteiger partial charge in [0.15, 0.2) is 11.5 Å². The maximum Gasteiger partial charge on any atom is 0.269 e. The fourth-order valence-corrected chi connectivity index (χ4v) is 3.56. The number of para-hydroxylation sites is 1. The van der Waals surface area contributed by atoms with Crippen molar-refractivity contribution in [2.45, 2.75) is 0 Å². The summed E-state index contributed by atoms with van der Waals surface area (Å²) in [7, 11) is 0. The molecule has 2 aromatic carbocycles. The van der Waals surface area contributed by atoms with Gasteiger partial charge in [0, 0.05) is 49.3 Å². The van der Waals surface area contributed by atoms with E-state index in [1.54, 1.807) is 12.1 Å². The number of piperazine rings is 1. The number of hydrogen-bond donors (Lipinski definition) is 1. The Morgan fingerprint density at radius 3 is 2.50 bits per heavy atom. The first-order chi connectivity index (χ1) is 13.7. The standard InChI is InChI=1S/C19H17N7O2/c27-26(28)14-7-5-13(6-8-14)17-22-23-18-15-3-1-2-4-16(15)21-19(25(17)18)24-11-9-20-10-12-24/h1-8,20H,9-12H2. The lowest BCUT2D eigenvalue weighted by Gasteiger charge is -2.29. The van der Waals surface area contributed by atoms with Gasteiger partial charge in [-0.15, -0.1) is 10.2 Å². The van der Waals surface area contributed by atoms with Gasteiger partial charge in [0.2, 0.25) is 5.95 Å². The molecule has 0 aliphatic carbocycles. The third kappa shape index (κ3) is 2.64. The molecule has 0 radical (unpaired) electrons. The lowest BCUT2D eigenvalue weighted by atomic mass is 10.2. The van der Waals surface area contributed by atoms with E-state index in [0.717, 1.165) is 54.2 Å². The number of benzene rings is 2. The van der Waals surface area contributed by atoms with Gasteiger partial charge in [-0.1, -0.05) is 12.1 Å². The van der Waals surface area contributed by atoms with Crippen LogP contribution in [0.1, 0.15) is 0 Å². The molecule has 3 heterocycles. The van der Waals surface area contributed by atoms with Crippen molar-refractivity contribution in [3.63, 3.8) is 0 Å². The van der Waals surface area contributed by atoms with E-state index in [0.29, 0.717) is 5.82 Å². The zero-order chi connectivity index (χ0) is 19.1.